The summed E-state index contributed by atoms with van der Waals surface area (Å²) in [5, 5.41) is 15.4. The predicted molar refractivity (Wildman–Crippen MR) is 81.8 cm³/mol. The quantitative estimate of drug-likeness (QED) is 0.516. The fourth-order valence-electron chi connectivity index (χ4n) is 1.63. The lowest BCUT2D eigenvalue weighted by Crippen LogP contribution is -2.29. The first-order valence-electron chi connectivity index (χ1n) is 6.08. The Bertz CT molecular complexity index is 734. The summed E-state index contributed by atoms with van der Waals surface area (Å²) >= 11 is 5.66. The van der Waals surface area contributed by atoms with E-state index in [1.165, 1.54) is 12.1 Å². The molecule has 0 saturated heterocycles. The van der Waals surface area contributed by atoms with E-state index in [0.717, 1.165) is 6.07 Å². The monoisotopic (exact) mass is 319 g/mol. The van der Waals surface area contributed by atoms with Crippen molar-refractivity contribution in [3.63, 3.8) is 0 Å². The molecule has 0 atom stereocenters. The molecule has 0 saturated carbocycles. The number of nitro groups is 1. The van der Waals surface area contributed by atoms with E-state index < -0.39 is 16.7 Å². The lowest BCUT2D eigenvalue weighted by atomic mass is 10.2. The van der Waals surface area contributed by atoms with Gasteiger partial charge in [0.05, 0.1) is 4.92 Å². The smallest absolute Gasteiger partial charge is 0.314 e. The molecule has 2 amide bonds. The van der Waals surface area contributed by atoms with Crippen LogP contribution in [0.1, 0.15) is 0 Å². The van der Waals surface area contributed by atoms with Gasteiger partial charge in [0.1, 0.15) is 5.02 Å². The summed E-state index contributed by atoms with van der Waals surface area (Å²) in [6.07, 6.45) is 0. The van der Waals surface area contributed by atoms with E-state index in [9.17, 15) is 19.7 Å². The summed E-state index contributed by atoms with van der Waals surface area (Å²) in [6.45, 7) is 0. The van der Waals surface area contributed by atoms with Crippen molar-refractivity contribution in [2.24, 2.45) is 0 Å². The average molecular weight is 320 g/mol. The zero-order valence-corrected chi connectivity index (χ0v) is 11.8. The molecule has 2 rings (SSSR count). The molecule has 0 spiro atoms. The molecule has 7 nitrogen and oxygen atoms in total. The molecule has 0 unspecified atom stereocenters. The van der Waals surface area contributed by atoms with Gasteiger partial charge in [-0.25, -0.2) is 0 Å². The number of halogens is 1. The van der Waals surface area contributed by atoms with Crippen molar-refractivity contribution >= 4 is 40.5 Å². The molecule has 2 aromatic rings. The van der Waals surface area contributed by atoms with E-state index in [1.807, 2.05) is 0 Å². The van der Waals surface area contributed by atoms with Crippen LogP contribution < -0.4 is 10.6 Å². The number of hydrogen-bond acceptors (Lipinski definition) is 4. The average Bonchev–Trinajstić information content (AvgIpc) is 2.49. The largest absolute Gasteiger partial charge is 0.318 e. The number of para-hydroxylation sites is 1. The summed E-state index contributed by atoms with van der Waals surface area (Å²) in [6, 6.07) is 12.1. The van der Waals surface area contributed by atoms with Crippen LogP contribution in [0.25, 0.3) is 0 Å². The number of rotatable bonds is 3. The standard InChI is InChI=1S/C14H10ClN3O4/c15-11-7-6-10(8-12(11)18(21)22)17-14(20)13(19)16-9-4-2-1-3-5-9/h1-8H,(H,16,19)(H,17,20). The van der Waals surface area contributed by atoms with E-state index >= 15 is 0 Å². The van der Waals surface area contributed by atoms with Crippen molar-refractivity contribution in [1.29, 1.82) is 0 Å². The normalized spacial score (nSPS) is 9.86. The van der Waals surface area contributed by atoms with Gasteiger partial charge >= 0.3 is 11.8 Å². The van der Waals surface area contributed by atoms with Crippen LogP contribution in [0.15, 0.2) is 48.5 Å². The van der Waals surface area contributed by atoms with Crippen molar-refractivity contribution in [3.8, 4) is 0 Å². The van der Waals surface area contributed by atoms with Gasteiger partial charge in [-0.1, -0.05) is 29.8 Å². The van der Waals surface area contributed by atoms with Gasteiger partial charge in [-0.2, -0.15) is 0 Å². The second-order valence-electron chi connectivity index (χ2n) is 4.20. The van der Waals surface area contributed by atoms with Gasteiger partial charge in [-0.3, -0.25) is 19.7 Å². The Morgan fingerprint density at radius 2 is 1.55 bits per heavy atom. The van der Waals surface area contributed by atoms with Crippen LogP contribution >= 0.6 is 11.6 Å². The maximum atomic E-state index is 11.8. The molecule has 2 N–H and O–H groups in total. The third kappa shape index (κ3) is 3.80. The van der Waals surface area contributed by atoms with Crippen molar-refractivity contribution < 1.29 is 14.5 Å². The molecular weight excluding hydrogens is 310 g/mol. The number of amides is 2. The highest BCUT2D eigenvalue weighted by Crippen LogP contribution is 2.27. The van der Waals surface area contributed by atoms with Crippen molar-refractivity contribution in [1.82, 2.24) is 0 Å². The zero-order valence-electron chi connectivity index (χ0n) is 11.1. The van der Waals surface area contributed by atoms with Gasteiger partial charge in [0.25, 0.3) is 5.69 Å². The summed E-state index contributed by atoms with van der Waals surface area (Å²) in [5.41, 5.74) is 0.206. The summed E-state index contributed by atoms with van der Waals surface area (Å²) in [7, 11) is 0. The first-order valence-corrected chi connectivity index (χ1v) is 6.46. The number of benzene rings is 2. The van der Waals surface area contributed by atoms with Crippen LogP contribution in [0.5, 0.6) is 0 Å². The summed E-state index contributed by atoms with van der Waals surface area (Å²) < 4.78 is 0. The summed E-state index contributed by atoms with van der Waals surface area (Å²) in [4.78, 5) is 33.6. The molecule has 0 aliphatic carbocycles. The van der Waals surface area contributed by atoms with E-state index in [2.05, 4.69) is 10.6 Å². The van der Waals surface area contributed by atoms with Gasteiger partial charge in [0, 0.05) is 17.4 Å². The van der Waals surface area contributed by atoms with Crippen molar-refractivity contribution in [2.45, 2.75) is 0 Å². The van der Waals surface area contributed by atoms with Crippen LogP contribution in [0, 0.1) is 10.1 Å². The minimum absolute atomic E-state index is 0.0586. The Morgan fingerprint density at radius 3 is 2.14 bits per heavy atom. The molecule has 0 radical (unpaired) electrons. The van der Waals surface area contributed by atoms with Crippen LogP contribution in [0.2, 0.25) is 5.02 Å². The van der Waals surface area contributed by atoms with Crippen LogP contribution in [0.4, 0.5) is 17.1 Å². The highest BCUT2D eigenvalue weighted by Gasteiger charge is 2.17. The first kappa shape index (κ1) is 15.5. The fourth-order valence-corrected chi connectivity index (χ4v) is 1.81. The van der Waals surface area contributed by atoms with E-state index in [1.54, 1.807) is 30.3 Å². The third-order valence-corrected chi connectivity index (χ3v) is 2.96. The molecule has 0 bridgehead atoms. The number of hydrogen-bond donors (Lipinski definition) is 2. The van der Waals surface area contributed by atoms with Crippen LogP contribution in [0.3, 0.4) is 0 Å². The highest BCUT2D eigenvalue weighted by molar-refractivity contribution is 6.43. The van der Waals surface area contributed by atoms with Gasteiger partial charge in [0.15, 0.2) is 0 Å². The number of carbonyl (C=O) groups is 2. The maximum Gasteiger partial charge on any atom is 0.314 e. The van der Waals surface area contributed by atoms with E-state index in [-0.39, 0.29) is 16.4 Å². The SMILES string of the molecule is O=C(Nc1ccccc1)C(=O)Nc1ccc(Cl)c([N+](=O)[O-])c1. The lowest BCUT2D eigenvalue weighted by molar-refractivity contribution is -0.384. The van der Waals surface area contributed by atoms with Gasteiger partial charge < -0.3 is 10.6 Å². The Labute approximate surface area is 130 Å². The molecular formula is C14H10ClN3O4. The van der Waals surface area contributed by atoms with Crippen molar-refractivity contribution in [2.75, 3.05) is 10.6 Å². The second kappa shape index (κ2) is 6.68. The first-order chi connectivity index (χ1) is 10.5. The van der Waals surface area contributed by atoms with Gasteiger partial charge in [-0.15, -0.1) is 0 Å². The molecule has 2 aromatic carbocycles. The topological polar surface area (TPSA) is 101 Å². The van der Waals surface area contributed by atoms with E-state index in [4.69, 9.17) is 11.6 Å². The Balaban J connectivity index is 2.07. The number of carbonyl (C=O) groups excluding carboxylic acids is 2. The van der Waals surface area contributed by atoms with Gasteiger partial charge in [-0.05, 0) is 24.3 Å². The molecule has 0 aromatic heterocycles. The molecule has 22 heavy (non-hydrogen) atoms. The van der Waals surface area contributed by atoms with Crippen LogP contribution in [-0.4, -0.2) is 16.7 Å². The predicted octanol–water partition coefficient (Wildman–Crippen LogP) is 2.83. The Kier molecular flexibility index (Phi) is 4.70. The molecule has 0 fully saturated rings. The Morgan fingerprint density at radius 1 is 0.955 bits per heavy atom. The molecule has 8 heteroatoms. The van der Waals surface area contributed by atoms with E-state index in [0.29, 0.717) is 5.69 Å². The minimum Gasteiger partial charge on any atom is -0.318 e. The maximum absolute atomic E-state index is 11.8. The number of nitro benzene ring substituents is 1. The lowest BCUT2D eigenvalue weighted by Gasteiger charge is -2.06. The van der Waals surface area contributed by atoms with Crippen molar-refractivity contribution in [3.05, 3.63) is 63.7 Å². The second-order valence-corrected chi connectivity index (χ2v) is 4.60. The Hall–Kier alpha value is -2.93. The number of nitrogens with one attached hydrogen (secondary N) is 2. The summed E-state index contributed by atoms with van der Waals surface area (Å²) in [5.74, 6) is -1.83. The minimum atomic E-state index is -0.944. The molecule has 0 heterocycles. The van der Waals surface area contributed by atoms with Gasteiger partial charge in [0.2, 0.25) is 0 Å². The molecule has 0 aliphatic heterocycles. The third-order valence-electron chi connectivity index (χ3n) is 2.64. The fraction of sp³-hybridized carbons (Fsp3) is 0. The zero-order chi connectivity index (χ0) is 16.1. The molecule has 0 aliphatic rings. The number of nitrogens with zero attached hydrogens (tertiary/aromatic N) is 1. The number of anilines is 2. The molecule has 112 valence electrons. The van der Waals surface area contributed by atoms with Crippen LogP contribution in [-0.2, 0) is 9.59 Å². The highest BCUT2D eigenvalue weighted by atomic mass is 35.5.